The van der Waals surface area contributed by atoms with Gasteiger partial charge in [0.15, 0.2) is 0 Å². The van der Waals surface area contributed by atoms with E-state index in [2.05, 4.69) is 37.4 Å². The highest BCUT2D eigenvalue weighted by Gasteiger charge is 2.21. The Morgan fingerprint density at radius 3 is 2.36 bits per heavy atom. The van der Waals surface area contributed by atoms with E-state index in [-0.39, 0.29) is 36.8 Å². The van der Waals surface area contributed by atoms with E-state index in [4.69, 9.17) is 0 Å². The van der Waals surface area contributed by atoms with Crippen molar-refractivity contribution in [3.05, 3.63) is 34.9 Å². The number of carbonyl (C=O) groups excluding carboxylic acids is 2. The highest BCUT2D eigenvalue weighted by Crippen LogP contribution is 2.13. The lowest BCUT2D eigenvalue weighted by Crippen LogP contribution is -2.41. The van der Waals surface area contributed by atoms with Gasteiger partial charge in [-0.1, -0.05) is 29.3 Å². The number of hydrogen-bond acceptors (Lipinski definition) is 3. The lowest BCUT2D eigenvalue weighted by molar-refractivity contribution is -0.135. The molecule has 2 amide bonds. The number of aryl methyl sites for hydroxylation is 2. The smallest absolute Gasteiger partial charge is 0.223 e. The molecular weight excluding hydrogens is 316 g/mol. The van der Waals surface area contributed by atoms with Crippen LogP contribution in [0.25, 0.3) is 0 Å². The number of nitrogens with zero attached hydrogens (tertiary/aromatic N) is 1. The van der Waals surface area contributed by atoms with Gasteiger partial charge in [-0.15, -0.1) is 0 Å². The van der Waals surface area contributed by atoms with Crippen molar-refractivity contribution >= 4 is 11.8 Å². The monoisotopic (exact) mass is 346 g/mol. The van der Waals surface area contributed by atoms with Crippen LogP contribution in [0.1, 0.15) is 49.3 Å². The maximum atomic E-state index is 12.1. The van der Waals surface area contributed by atoms with Crippen LogP contribution in [0.4, 0.5) is 0 Å². The van der Waals surface area contributed by atoms with E-state index >= 15 is 0 Å². The number of piperidine rings is 1. The topological polar surface area (TPSA) is 69.6 Å². The highest BCUT2D eigenvalue weighted by atomic mass is 16.3. The van der Waals surface area contributed by atoms with E-state index < -0.39 is 0 Å². The Morgan fingerprint density at radius 2 is 1.76 bits per heavy atom. The number of hydrogen-bond donors (Lipinski definition) is 2. The Bertz CT molecular complexity index is 587. The minimum Gasteiger partial charge on any atom is -0.393 e. The second-order valence-corrected chi connectivity index (χ2v) is 7.28. The Morgan fingerprint density at radius 1 is 1.16 bits per heavy atom. The van der Waals surface area contributed by atoms with Gasteiger partial charge in [-0.05, 0) is 45.6 Å². The van der Waals surface area contributed by atoms with E-state index in [0.29, 0.717) is 25.9 Å². The van der Waals surface area contributed by atoms with Gasteiger partial charge in [0.1, 0.15) is 0 Å². The molecule has 1 aromatic rings. The molecule has 0 radical (unpaired) electrons. The zero-order chi connectivity index (χ0) is 18.4. The van der Waals surface area contributed by atoms with Crippen molar-refractivity contribution in [3.63, 3.8) is 0 Å². The number of carbonyl (C=O) groups is 2. The molecule has 1 aliphatic heterocycles. The molecule has 2 N–H and O–H groups in total. The van der Waals surface area contributed by atoms with Gasteiger partial charge in [0.25, 0.3) is 0 Å². The summed E-state index contributed by atoms with van der Waals surface area (Å²) in [4.78, 5) is 26.0. The third-order valence-electron chi connectivity index (χ3n) is 4.61. The van der Waals surface area contributed by atoms with Crippen molar-refractivity contribution < 1.29 is 14.7 Å². The van der Waals surface area contributed by atoms with Gasteiger partial charge in [0.2, 0.25) is 11.8 Å². The molecule has 25 heavy (non-hydrogen) atoms. The van der Waals surface area contributed by atoms with Crippen LogP contribution in [0.3, 0.4) is 0 Å². The van der Waals surface area contributed by atoms with E-state index in [1.165, 1.54) is 16.7 Å². The Labute approximate surface area is 150 Å². The summed E-state index contributed by atoms with van der Waals surface area (Å²) in [6, 6.07) is 6.46. The van der Waals surface area contributed by atoms with Gasteiger partial charge in [0, 0.05) is 32.0 Å². The third-order valence-corrected chi connectivity index (χ3v) is 4.61. The quantitative estimate of drug-likeness (QED) is 0.829. The molecule has 0 aliphatic carbocycles. The fourth-order valence-corrected chi connectivity index (χ4v) is 3.43. The molecule has 138 valence electrons. The van der Waals surface area contributed by atoms with Gasteiger partial charge in [-0.2, -0.15) is 0 Å². The Kier molecular flexibility index (Phi) is 7.00. The van der Waals surface area contributed by atoms with Crippen LogP contribution < -0.4 is 5.32 Å². The first-order chi connectivity index (χ1) is 11.8. The van der Waals surface area contributed by atoms with Crippen molar-refractivity contribution in [2.75, 3.05) is 13.1 Å². The number of aliphatic hydroxyl groups excluding tert-OH is 1. The fraction of sp³-hybridized carbons (Fsp3) is 0.600. The molecular formula is C20H30N2O3. The number of amides is 2. The van der Waals surface area contributed by atoms with Gasteiger partial charge in [-0.25, -0.2) is 0 Å². The third kappa shape index (κ3) is 6.50. The Balaban J connectivity index is 1.73. The van der Waals surface area contributed by atoms with E-state index in [0.717, 1.165) is 6.42 Å². The summed E-state index contributed by atoms with van der Waals surface area (Å²) in [7, 11) is 0. The summed E-state index contributed by atoms with van der Waals surface area (Å²) >= 11 is 0. The normalized spacial score (nSPS) is 16.6. The second kappa shape index (κ2) is 8.99. The summed E-state index contributed by atoms with van der Waals surface area (Å²) < 4.78 is 0. The van der Waals surface area contributed by atoms with Crippen LogP contribution in [-0.4, -0.2) is 47.1 Å². The molecule has 0 spiro atoms. The van der Waals surface area contributed by atoms with Crippen molar-refractivity contribution in [3.8, 4) is 0 Å². The molecule has 0 aromatic heterocycles. The minimum atomic E-state index is -0.293. The zero-order valence-corrected chi connectivity index (χ0v) is 15.5. The molecule has 1 aromatic carbocycles. The largest absolute Gasteiger partial charge is 0.393 e. The second-order valence-electron chi connectivity index (χ2n) is 7.28. The first-order valence-electron chi connectivity index (χ1n) is 9.16. The lowest BCUT2D eigenvalue weighted by atomic mass is 10.0. The SMILES string of the molecule is Cc1cc(C)cc(CC(C)NC(=O)CCC(=O)N2CCC(O)CC2)c1. The summed E-state index contributed by atoms with van der Waals surface area (Å²) in [5.41, 5.74) is 3.67. The molecule has 5 nitrogen and oxygen atoms in total. The maximum absolute atomic E-state index is 12.1. The standard InChI is InChI=1S/C20H30N2O3/c1-14-10-15(2)12-17(11-14)13-16(3)21-19(24)4-5-20(25)22-8-6-18(23)7-9-22/h10-12,16,18,23H,4-9,13H2,1-3H3,(H,21,24). The molecule has 1 saturated heterocycles. The number of benzene rings is 1. The average Bonchev–Trinajstić information content (AvgIpc) is 2.52. The van der Waals surface area contributed by atoms with Gasteiger partial charge >= 0.3 is 0 Å². The van der Waals surface area contributed by atoms with E-state index in [9.17, 15) is 14.7 Å². The van der Waals surface area contributed by atoms with Crippen LogP contribution in [0.5, 0.6) is 0 Å². The molecule has 1 fully saturated rings. The first kappa shape index (κ1) is 19.4. The Hall–Kier alpha value is -1.88. The molecule has 0 saturated carbocycles. The lowest BCUT2D eigenvalue weighted by Gasteiger charge is -2.29. The summed E-state index contributed by atoms with van der Waals surface area (Å²) in [6.45, 7) is 7.31. The predicted molar refractivity (Wildman–Crippen MR) is 98.3 cm³/mol. The van der Waals surface area contributed by atoms with Crippen LogP contribution in [0.2, 0.25) is 0 Å². The average molecular weight is 346 g/mol. The number of nitrogens with one attached hydrogen (secondary N) is 1. The number of aliphatic hydroxyl groups is 1. The van der Waals surface area contributed by atoms with E-state index in [1.807, 2.05) is 6.92 Å². The zero-order valence-electron chi connectivity index (χ0n) is 15.5. The maximum Gasteiger partial charge on any atom is 0.223 e. The van der Waals surface area contributed by atoms with Crippen LogP contribution in [0, 0.1) is 13.8 Å². The highest BCUT2D eigenvalue weighted by molar-refractivity contribution is 5.84. The van der Waals surface area contributed by atoms with Gasteiger partial charge in [0.05, 0.1) is 6.10 Å². The minimum absolute atomic E-state index is 0.00371. The molecule has 0 bridgehead atoms. The van der Waals surface area contributed by atoms with E-state index in [1.54, 1.807) is 4.90 Å². The first-order valence-corrected chi connectivity index (χ1v) is 9.16. The van der Waals surface area contributed by atoms with Gasteiger partial charge < -0.3 is 15.3 Å². The number of likely N-dealkylation sites (tertiary alicyclic amines) is 1. The molecule has 5 heteroatoms. The van der Waals surface area contributed by atoms with Crippen molar-refractivity contribution in [1.29, 1.82) is 0 Å². The fourth-order valence-electron chi connectivity index (χ4n) is 3.43. The molecule has 1 unspecified atom stereocenters. The summed E-state index contributed by atoms with van der Waals surface area (Å²) in [5, 5.41) is 12.5. The predicted octanol–water partition coefficient (Wildman–Crippen LogP) is 2.11. The van der Waals surface area contributed by atoms with Crippen LogP contribution in [-0.2, 0) is 16.0 Å². The van der Waals surface area contributed by atoms with Crippen molar-refractivity contribution in [2.24, 2.45) is 0 Å². The van der Waals surface area contributed by atoms with Crippen molar-refractivity contribution in [1.82, 2.24) is 10.2 Å². The molecule has 1 heterocycles. The van der Waals surface area contributed by atoms with Crippen LogP contribution in [0.15, 0.2) is 18.2 Å². The van der Waals surface area contributed by atoms with Crippen molar-refractivity contribution in [2.45, 2.75) is 65.0 Å². The number of rotatable bonds is 6. The summed E-state index contributed by atoms with van der Waals surface area (Å²) in [6.07, 6.45) is 2.20. The van der Waals surface area contributed by atoms with Crippen LogP contribution >= 0.6 is 0 Å². The summed E-state index contributed by atoms with van der Waals surface area (Å²) in [5.74, 6) is -0.0775. The molecule has 1 aliphatic rings. The molecule has 1 atom stereocenters. The molecule has 2 rings (SSSR count). The van der Waals surface area contributed by atoms with Gasteiger partial charge in [-0.3, -0.25) is 9.59 Å².